The summed E-state index contributed by atoms with van der Waals surface area (Å²) in [6.07, 6.45) is 10.4. The molecule has 1 N–H and O–H groups in total. The number of anilines is 1. The van der Waals surface area contributed by atoms with Crippen LogP contribution in [0, 0.1) is 13.8 Å². The van der Waals surface area contributed by atoms with Crippen molar-refractivity contribution in [2.75, 3.05) is 25.6 Å². The predicted octanol–water partition coefficient (Wildman–Crippen LogP) is 6.06. The van der Waals surface area contributed by atoms with Gasteiger partial charge < -0.3 is 14.9 Å². The van der Waals surface area contributed by atoms with Crippen LogP contribution < -0.4 is 10.1 Å². The number of rotatable bonds is 12. The molecule has 0 atom stereocenters. The summed E-state index contributed by atoms with van der Waals surface area (Å²) in [5.74, 6) is 1.02. The monoisotopic (exact) mass is 394 g/mol. The maximum Gasteiger partial charge on any atom is 0.125 e. The average Bonchev–Trinajstić information content (AvgIpc) is 2.71. The largest absolute Gasteiger partial charge is 0.493 e. The molecule has 4 heteroatoms. The minimum Gasteiger partial charge on any atom is -0.493 e. The van der Waals surface area contributed by atoms with E-state index in [0.717, 1.165) is 49.4 Å². The third-order valence-corrected chi connectivity index (χ3v) is 4.76. The van der Waals surface area contributed by atoms with E-state index >= 15 is 0 Å². The lowest BCUT2D eigenvalue weighted by atomic mass is 10.1. The van der Waals surface area contributed by atoms with Crippen molar-refractivity contribution in [3.05, 3.63) is 70.8 Å². The maximum absolute atomic E-state index is 6.09. The van der Waals surface area contributed by atoms with Gasteiger partial charge in [0.2, 0.25) is 0 Å². The number of hydrogen-bond donors (Lipinski definition) is 1. The summed E-state index contributed by atoms with van der Waals surface area (Å²) in [4.78, 5) is 4.70. The van der Waals surface area contributed by atoms with Crippen molar-refractivity contribution in [1.82, 2.24) is 0 Å². The second-order valence-electron chi connectivity index (χ2n) is 7.21. The van der Waals surface area contributed by atoms with Crippen LogP contribution in [-0.4, -0.2) is 26.5 Å². The summed E-state index contributed by atoms with van der Waals surface area (Å²) >= 11 is 0. The van der Waals surface area contributed by atoms with Gasteiger partial charge in [-0.25, -0.2) is 0 Å². The summed E-state index contributed by atoms with van der Waals surface area (Å²) < 4.78 is 6.09. The van der Waals surface area contributed by atoms with Gasteiger partial charge in [-0.2, -0.15) is 0 Å². The number of allylic oxidation sites excluding steroid dienone is 1. The summed E-state index contributed by atoms with van der Waals surface area (Å²) in [6.45, 7) is 7.87. The highest BCUT2D eigenvalue weighted by molar-refractivity contribution is 5.79. The standard InChI is InChI=1S/C25H34N2O2/c1-5-6-15-26-24-17-20(2)25(21(3)18-24)29-16-9-7-8-10-22-11-13-23(14-12-22)19-27-28-4/h5-6,11-14,17-19,26H,7-10,15-16H2,1-4H3/b6-5+,27-19+. The number of aryl methyl sites for hydroxylation is 3. The molecule has 0 amide bonds. The van der Waals surface area contributed by atoms with Crippen molar-refractivity contribution in [1.29, 1.82) is 0 Å². The number of oxime groups is 1. The van der Waals surface area contributed by atoms with Gasteiger partial charge >= 0.3 is 0 Å². The van der Waals surface area contributed by atoms with Crippen LogP contribution in [0.3, 0.4) is 0 Å². The smallest absolute Gasteiger partial charge is 0.125 e. The second kappa shape index (κ2) is 12.7. The molecule has 0 spiro atoms. The third-order valence-electron chi connectivity index (χ3n) is 4.76. The summed E-state index contributed by atoms with van der Waals surface area (Å²) in [5.41, 5.74) is 5.92. The molecular weight excluding hydrogens is 360 g/mol. The first-order chi connectivity index (χ1) is 14.1. The molecule has 0 aliphatic rings. The van der Waals surface area contributed by atoms with Crippen molar-refractivity contribution in [2.24, 2.45) is 5.16 Å². The number of nitrogens with one attached hydrogen (secondary N) is 1. The highest BCUT2D eigenvalue weighted by Crippen LogP contribution is 2.27. The molecule has 0 saturated heterocycles. The molecule has 2 aromatic rings. The van der Waals surface area contributed by atoms with Crippen LogP contribution in [-0.2, 0) is 11.3 Å². The van der Waals surface area contributed by atoms with E-state index in [1.54, 1.807) is 13.3 Å². The van der Waals surface area contributed by atoms with E-state index in [-0.39, 0.29) is 0 Å². The van der Waals surface area contributed by atoms with E-state index in [2.05, 4.69) is 72.9 Å². The molecule has 2 rings (SSSR count). The number of ether oxygens (including phenoxy) is 1. The summed E-state index contributed by atoms with van der Waals surface area (Å²) in [7, 11) is 1.55. The van der Waals surface area contributed by atoms with E-state index in [9.17, 15) is 0 Å². The zero-order valence-corrected chi connectivity index (χ0v) is 18.2. The van der Waals surface area contributed by atoms with Crippen LogP contribution in [0.5, 0.6) is 5.75 Å². The Hall–Kier alpha value is -2.75. The molecule has 0 saturated carbocycles. The van der Waals surface area contributed by atoms with Gasteiger partial charge in [0.1, 0.15) is 12.9 Å². The van der Waals surface area contributed by atoms with Gasteiger partial charge in [0.25, 0.3) is 0 Å². The van der Waals surface area contributed by atoms with Gasteiger partial charge in [0.15, 0.2) is 0 Å². The third kappa shape index (κ3) is 8.02. The van der Waals surface area contributed by atoms with E-state index in [0.29, 0.717) is 0 Å². The van der Waals surface area contributed by atoms with Crippen molar-refractivity contribution < 1.29 is 9.57 Å². The zero-order valence-electron chi connectivity index (χ0n) is 18.2. The van der Waals surface area contributed by atoms with Crippen molar-refractivity contribution in [3.8, 4) is 5.75 Å². The molecule has 4 nitrogen and oxygen atoms in total. The Bertz CT molecular complexity index is 772. The molecule has 0 fully saturated rings. The highest BCUT2D eigenvalue weighted by atomic mass is 16.6. The topological polar surface area (TPSA) is 42.8 Å². The molecule has 0 unspecified atom stereocenters. The Balaban J connectivity index is 1.70. The molecule has 0 radical (unpaired) electrons. The SMILES string of the molecule is C/C=C/CNc1cc(C)c(OCCCCCc2ccc(/C=N/OC)cc2)c(C)c1. The van der Waals surface area contributed by atoms with Crippen LogP contribution in [0.15, 0.2) is 53.7 Å². The van der Waals surface area contributed by atoms with Crippen molar-refractivity contribution >= 4 is 11.9 Å². The molecule has 0 aliphatic heterocycles. The predicted molar refractivity (Wildman–Crippen MR) is 123 cm³/mol. The Morgan fingerprint density at radius 1 is 1.00 bits per heavy atom. The molecule has 156 valence electrons. The molecular formula is C25H34N2O2. The molecule has 29 heavy (non-hydrogen) atoms. The van der Waals surface area contributed by atoms with Gasteiger partial charge in [-0.3, -0.25) is 0 Å². The Morgan fingerprint density at radius 3 is 2.38 bits per heavy atom. The first-order valence-corrected chi connectivity index (χ1v) is 10.4. The Labute approximate surface area is 175 Å². The highest BCUT2D eigenvalue weighted by Gasteiger charge is 2.06. The number of nitrogens with zero attached hydrogens (tertiary/aromatic N) is 1. The number of benzene rings is 2. The van der Waals surface area contributed by atoms with Crippen LogP contribution in [0.25, 0.3) is 0 Å². The van der Waals surface area contributed by atoms with Crippen molar-refractivity contribution in [3.63, 3.8) is 0 Å². The average molecular weight is 395 g/mol. The normalized spacial score (nSPS) is 11.3. The fourth-order valence-electron chi connectivity index (χ4n) is 3.24. The van der Waals surface area contributed by atoms with E-state index in [1.807, 2.05) is 6.92 Å². The molecule has 0 aliphatic carbocycles. The minimum absolute atomic E-state index is 0.763. The molecule has 0 aromatic heterocycles. The lowest BCUT2D eigenvalue weighted by molar-refractivity contribution is 0.215. The minimum atomic E-state index is 0.763. The number of hydrogen-bond acceptors (Lipinski definition) is 4. The van der Waals surface area contributed by atoms with E-state index in [1.165, 1.54) is 23.1 Å². The van der Waals surface area contributed by atoms with Gasteiger partial charge in [-0.05, 0) is 80.8 Å². The first-order valence-electron chi connectivity index (χ1n) is 10.4. The van der Waals surface area contributed by atoms with Crippen LogP contribution >= 0.6 is 0 Å². The van der Waals surface area contributed by atoms with E-state index < -0.39 is 0 Å². The van der Waals surface area contributed by atoms with Gasteiger partial charge in [-0.1, -0.05) is 41.6 Å². The van der Waals surface area contributed by atoms with Crippen LogP contribution in [0.2, 0.25) is 0 Å². The second-order valence-corrected chi connectivity index (χ2v) is 7.21. The lowest BCUT2D eigenvalue weighted by Crippen LogP contribution is -2.03. The van der Waals surface area contributed by atoms with Gasteiger partial charge in [-0.15, -0.1) is 0 Å². The van der Waals surface area contributed by atoms with E-state index in [4.69, 9.17) is 9.57 Å². The molecule has 2 aromatic carbocycles. The van der Waals surface area contributed by atoms with Crippen LogP contribution in [0.4, 0.5) is 5.69 Å². The Kier molecular flexibility index (Phi) is 9.84. The van der Waals surface area contributed by atoms with Crippen LogP contribution in [0.1, 0.15) is 48.4 Å². The molecule has 0 bridgehead atoms. The fraction of sp³-hybridized carbons (Fsp3) is 0.400. The van der Waals surface area contributed by atoms with Crippen molar-refractivity contribution in [2.45, 2.75) is 46.5 Å². The van der Waals surface area contributed by atoms with Gasteiger partial charge in [0.05, 0.1) is 12.8 Å². The summed E-state index contributed by atoms with van der Waals surface area (Å²) in [5, 5.41) is 7.19. The number of unbranched alkanes of at least 4 members (excludes halogenated alkanes) is 2. The summed E-state index contributed by atoms with van der Waals surface area (Å²) in [6, 6.07) is 12.8. The Morgan fingerprint density at radius 2 is 1.72 bits per heavy atom. The molecule has 0 heterocycles. The lowest BCUT2D eigenvalue weighted by Gasteiger charge is -2.14. The zero-order chi connectivity index (χ0) is 20.9. The maximum atomic E-state index is 6.09. The van der Waals surface area contributed by atoms with Gasteiger partial charge in [0, 0.05) is 12.2 Å². The first kappa shape index (κ1) is 22.5. The quantitative estimate of drug-likeness (QED) is 0.206. The fourth-order valence-corrected chi connectivity index (χ4v) is 3.24.